The first-order valence-corrected chi connectivity index (χ1v) is 5.97. The van der Waals surface area contributed by atoms with Crippen molar-refractivity contribution in [1.82, 2.24) is 25.0 Å². The van der Waals surface area contributed by atoms with Crippen molar-refractivity contribution in [3.05, 3.63) is 34.9 Å². The van der Waals surface area contributed by atoms with E-state index in [9.17, 15) is 0 Å². The van der Waals surface area contributed by atoms with Crippen molar-refractivity contribution in [1.29, 1.82) is 0 Å². The third kappa shape index (κ3) is 2.30. The van der Waals surface area contributed by atoms with Crippen molar-refractivity contribution in [3.8, 4) is 0 Å². The highest BCUT2D eigenvalue weighted by Gasteiger charge is 2.18. The van der Waals surface area contributed by atoms with Crippen LogP contribution in [0.2, 0.25) is 0 Å². The molecule has 98 valence electrons. The SMILES string of the molecule is Cc1nn(C)c(C)c1CC(NN)c1ccn(C)n1. The number of aromatic nitrogens is 4. The quantitative estimate of drug-likeness (QED) is 0.611. The van der Waals surface area contributed by atoms with Crippen molar-refractivity contribution >= 4 is 0 Å². The molecule has 2 aromatic rings. The van der Waals surface area contributed by atoms with Crippen LogP contribution in [0.4, 0.5) is 0 Å². The molecule has 0 saturated heterocycles. The lowest BCUT2D eigenvalue weighted by Gasteiger charge is -2.13. The first kappa shape index (κ1) is 12.8. The number of hydrogen-bond acceptors (Lipinski definition) is 4. The highest BCUT2D eigenvalue weighted by molar-refractivity contribution is 5.26. The van der Waals surface area contributed by atoms with E-state index >= 15 is 0 Å². The molecule has 0 aromatic carbocycles. The smallest absolute Gasteiger partial charge is 0.0810 e. The van der Waals surface area contributed by atoms with E-state index in [0.29, 0.717) is 0 Å². The Balaban J connectivity index is 2.25. The summed E-state index contributed by atoms with van der Waals surface area (Å²) in [6.07, 6.45) is 2.71. The summed E-state index contributed by atoms with van der Waals surface area (Å²) in [6, 6.07) is 1.98. The van der Waals surface area contributed by atoms with Gasteiger partial charge in [0.1, 0.15) is 0 Å². The van der Waals surface area contributed by atoms with Gasteiger partial charge in [-0.15, -0.1) is 0 Å². The molecular weight excluding hydrogens is 228 g/mol. The Hall–Kier alpha value is -1.66. The number of hydrogen-bond donors (Lipinski definition) is 2. The van der Waals surface area contributed by atoms with Crippen LogP contribution in [0.25, 0.3) is 0 Å². The highest BCUT2D eigenvalue weighted by Crippen LogP contribution is 2.20. The normalized spacial score (nSPS) is 12.9. The Labute approximate surface area is 107 Å². The molecule has 2 rings (SSSR count). The summed E-state index contributed by atoms with van der Waals surface area (Å²) < 4.78 is 3.68. The number of rotatable bonds is 4. The molecule has 2 aromatic heterocycles. The van der Waals surface area contributed by atoms with Crippen LogP contribution in [0, 0.1) is 13.8 Å². The molecule has 0 bridgehead atoms. The minimum Gasteiger partial charge on any atom is -0.275 e. The summed E-state index contributed by atoms with van der Waals surface area (Å²) in [7, 11) is 3.86. The molecular formula is C12H20N6. The van der Waals surface area contributed by atoms with Crippen molar-refractivity contribution in [2.24, 2.45) is 19.9 Å². The van der Waals surface area contributed by atoms with E-state index in [-0.39, 0.29) is 6.04 Å². The molecule has 0 aliphatic heterocycles. The van der Waals surface area contributed by atoms with Crippen molar-refractivity contribution in [3.63, 3.8) is 0 Å². The Morgan fingerprint density at radius 2 is 2.06 bits per heavy atom. The van der Waals surface area contributed by atoms with Crippen LogP contribution < -0.4 is 11.3 Å². The Kier molecular flexibility index (Phi) is 3.49. The maximum absolute atomic E-state index is 5.64. The van der Waals surface area contributed by atoms with E-state index in [2.05, 4.69) is 22.5 Å². The van der Waals surface area contributed by atoms with Gasteiger partial charge >= 0.3 is 0 Å². The molecule has 0 aliphatic carbocycles. The van der Waals surface area contributed by atoms with Gasteiger partial charge in [-0.25, -0.2) is 0 Å². The molecule has 18 heavy (non-hydrogen) atoms. The molecule has 0 saturated carbocycles. The maximum Gasteiger partial charge on any atom is 0.0810 e. The van der Waals surface area contributed by atoms with Gasteiger partial charge in [-0.2, -0.15) is 10.2 Å². The molecule has 3 N–H and O–H groups in total. The largest absolute Gasteiger partial charge is 0.275 e. The van der Waals surface area contributed by atoms with Crippen LogP contribution in [0.5, 0.6) is 0 Å². The first-order chi connectivity index (χ1) is 8.52. The number of nitrogens with two attached hydrogens (primary N) is 1. The second-order valence-corrected chi connectivity index (χ2v) is 4.61. The zero-order valence-corrected chi connectivity index (χ0v) is 11.3. The van der Waals surface area contributed by atoms with Crippen LogP contribution in [0.15, 0.2) is 12.3 Å². The zero-order chi connectivity index (χ0) is 13.3. The molecule has 1 unspecified atom stereocenters. The minimum absolute atomic E-state index is 0.00722. The van der Waals surface area contributed by atoms with Gasteiger partial charge in [-0.1, -0.05) is 0 Å². The second kappa shape index (κ2) is 4.91. The second-order valence-electron chi connectivity index (χ2n) is 4.61. The molecule has 1 atom stereocenters. The van der Waals surface area contributed by atoms with Gasteiger partial charge in [-0.05, 0) is 31.9 Å². The van der Waals surface area contributed by atoms with Crippen LogP contribution in [-0.2, 0) is 20.5 Å². The molecule has 0 radical (unpaired) electrons. The van der Waals surface area contributed by atoms with Gasteiger partial charge in [0.2, 0.25) is 0 Å². The van der Waals surface area contributed by atoms with E-state index < -0.39 is 0 Å². The van der Waals surface area contributed by atoms with Crippen LogP contribution in [-0.4, -0.2) is 19.6 Å². The lowest BCUT2D eigenvalue weighted by molar-refractivity contribution is 0.527. The Morgan fingerprint density at radius 3 is 2.50 bits per heavy atom. The zero-order valence-electron chi connectivity index (χ0n) is 11.3. The van der Waals surface area contributed by atoms with Crippen molar-refractivity contribution in [2.45, 2.75) is 26.3 Å². The Bertz CT molecular complexity index is 539. The van der Waals surface area contributed by atoms with Crippen molar-refractivity contribution in [2.75, 3.05) is 0 Å². The lowest BCUT2D eigenvalue weighted by Crippen LogP contribution is -2.30. The third-order valence-corrected chi connectivity index (χ3v) is 3.36. The standard InChI is InChI=1S/C12H20N6/c1-8-10(9(2)18(4)15-8)7-12(14-13)11-5-6-17(3)16-11/h5-6,12,14H,7,13H2,1-4H3. The fourth-order valence-corrected chi connectivity index (χ4v) is 2.18. The molecule has 2 heterocycles. The van der Waals surface area contributed by atoms with Gasteiger partial charge in [0.15, 0.2) is 0 Å². The van der Waals surface area contributed by atoms with Crippen molar-refractivity contribution < 1.29 is 0 Å². The average Bonchev–Trinajstić information content (AvgIpc) is 2.84. The molecule has 0 amide bonds. The average molecular weight is 248 g/mol. The van der Waals surface area contributed by atoms with Crippen LogP contribution >= 0.6 is 0 Å². The summed E-state index contributed by atoms with van der Waals surface area (Å²) in [5, 5.41) is 8.81. The van der Waals surface area contributed by atoms with Gasteiger partial charge < -0.3 is 0 Å². The summed E-state index contributed by atoms with van der Waals surface area (Å²) in [6.45, 7) is 4.09. The maximum atomic E-state index is 5.64. The van der Waals surface area contributed by atoms with E-state index in [1.807, 2.05) is 38.0 Å². The van der Waals surface area contributed by atoms with E-state index in [0.717, 1.165) is 17.8 Å². The Morgan fingerprint density at radius 1 is 1.33 bits per heavy atom. The van der Waals surface area contributed by atoms with E-state index in [4.69, 9.17) is 5.84 Å². The topological polar surface area (TPSA) is 73.7 Å². The molecule has 0 fully saturated rings. The van der Waals surface area contributed by atoms with Gasteiger partial charge in [-0.3, -0.25) is 20.6 Å². The van der Waals surface area contributed by atoms with Gasteiger partial charge in [0.05, 0.1) is 17.4 Å². The molecule has 6 nitrogen and oxygen atoms in total. The fraction of sp³-hybridized carbons (Fsp3) is 0.500. The monoisotopic (exact) mass is 248 g/mol. The highest BCUT2D eigenvalue weighted by atomic mass is 15.3. The third-order valence-electron chi connectivity index (χ3n) is 3.36. The minimum atomic E-state index is 0.00722. The predicted octanol–water partition coefficient (Wildman–Crippen LogP) is 0.518. The summed E-state index contributed by atoms with van der Waals surface area (Å²) in [4.78, 5) is 0. The molecule has 0 spiro atoms. The van der Waals surface area contributed by atoms with Crippen LogP contribution in [0.3, 0.4) is 0 Å². The number of nitrogens with zero attached hydrogens (tertiary/aromatic N) is 4. The summed E-state index contributed by atoms with van der Waals surface area (Å²) in [5.41, 5.74) is 7.22. The van der Waals surface area contributed by atoms with Crippen LogP contribution in [0.1, 0.15) is 28.7 Å². The predicted molar refractivity (Wildman–Crippen MR) is 69.7 cm³/mol. The lowest BCUT2D eigenvalue weighted by atomic mass is 10.0. The first-order valence-electron chi connectivity index (χ1n) is 5.97. The van der Waals surface area contributed by atoms with E-state index in [1.165, 1.54) is 11.3 Å². The summed E-state index contributed by atoms with van der Waals surface area (Å²) in [5.74, 6) is 5.64. The molecule has 0 aliphatic rings. The number of aryl methyl sites for hydroxylation is 3. The van der Waals surface area contributed by atoms with E-state index in [1.54, 1.807) is 4.68 Å². The number of hydrazine groups is 1. The number of nitrogens with one attached hydrogen (secondary N) is 1. The summed E-state index contributed by atoms with van der Waals surface area (Å²) >= 11 is 0. The fourth-order valence-electron chi connectivity index (χ4n) is 2.18. The van der Waals surface area contributed by atoms with Gasteiger partial charge in [0, 0.05) is 26.0 Å². The molecule has 6 heteroatoms. The van der Waals surface area contributed by atoms with Gasteiger partial charge in [0.25, 0.3) is 0 Å².